The van der Waals surface area contributed by atoms with Gasteiger partial charge in [0.25, 0.3) is 0 Å². The van der Waals surface area contributed by atoms with Crippen LogP contribution in [-0.4, -0.2) is 0 Å². The Kier molecular flexibility index (Phi) is 2.53. The van der Waals surface area contributed by atoms with Gasteiger partial charge >= 0.3 is 0 Å². The zero-order valence-electron chi connectivity index (χ0n) is 13.6. The lowest BCUT2D eigenvalue weighted by molar-refractivity contribution is 0.159. The summed E-state index contributed by atoms with van der Waals surface area (Å²) >= 11 is 0. The lowest BCUT2D eigenvalue weighted by atomic mass is 9.66. The van der Waals surface area contributed by atoms with E-state index < -0.39 is 0 Å². The van der Waals surface area contributed by atoms with E-state index >= 15 is 0 Å². The van der Waals surface area contributed by atoms with Crippen LogP contribution in [0.5, 0.6) is 0 Å². The van der Waals surface area contributed by atoms with E-state index in [2.05, 4.69) is 24.3 Å². The van der Waals surface area contributed by atoms with Crippen molar-refractivity contribution >= 4 is 0 Å². The maximum atomic E-state index is 14.1. The van der Waals surface area contributed by atoms with Crippen LogP contribution in [0.4, 0.5) is 8.78 Å². The van der Waals surface area contributed by atoms with Crippen molar-refractivity contribution in [2.45, 2.75) is 19.3 Å². The average molecular weight is 324 g/mol. The van der Waals surface area contributed by atoms with Crippen molar-refractivity contribution in [1.29, 1.82) is 0 Å². The van der Waals surface area contributed by atoms with E-state index in [1.807, 2.05) is 12.2 Å². The first-order valence-electron chi connectivity index (χ1n) is 9.45. The fraction of sp³-hybridized carbons (Fsp3) is 0.545. The second kappa shape index (κ2) is 4.39. The molecule has 6 aliphatic carbocycles. The topological polar surface area (TPSA) is 0 Å². The quantitative estimate of drug-likeness (QED) is 0.514. The minimum absolute atomic E-state index is 0.0534. The van der Waals surface area contributed by atoms with Gasteiger partial charge in [-0.15, -0.1) is 0 Å². The van der Waals surface area contributed by atoms with Crippen LogP contribution in [0.1, 0.15) is 19.3 Å². The predicted octanol–water partition coefficient (Wildman–Crippen LogP) is 5.53. The highest BCUT2D eigenvalue weighted by Crippen LogP contribution is 2.72. The summed E-state index contributed by atoms with van der Waals surface area (Å²) in [5.41, 5.74) is 0.0534. The standard InChI is InChI=1S/C22H22F2/c23-14-3-5-16-17-6-4-15(24)9-21(17)22(20(16)8-14)10-18-12-1-2-13(7-12)19(18)11-22/h1-6,8-9,12-13,16-21H,7,10-11H2. The van der Waals surface area contributed by atoms with E-state index in [9.17, 15) is 8.78 Å². The molecule has 0 heterocycles. The first-order chi connectivity index (χ1) is 11.7. The fourth-order valence-corrected chi connectivity index (χ4v) is 7.52. The number of rotatable bonds is 0. The zero-order valence-corrected chi connectivity index (χ0v) is 13.6. The van der Waals surface area contributed by atoms with Crippen molar-refractivity contribution < 1.29 is 8.78 Å². The van der Waals surface area contributed by atoms with E-state index in [1.54, 1.807) is 12.2 Å². The van der Waals surface area contributed by atoms with E-state index in [-0.39, 0.29) is 28.9 Å². The largest absolute Gasteiger partial charge is 0.207 e. The van der Waals surface area contributed by atoms with Crippen molar-refractivity contribution in [3.63, 3.8) is 0 Å². The van der Waals surface area contributed by atoms with Gasteiger partial charge in [-0.2, -0.15) is 0 Å². The van der Waals surface area contributed by atoms with Crippen LogP contribution in [0, 0.1) is 52.8 Å². The van der Waals surface area contributed by atoms with Gasteiger partial charge in [-0.1, -0.05) is 24.3 Å². The van der Waals surface area contributed by atoms with Gasteiger partial charge in [0.15, 0.2) is 0 Å². The Balaban J connectivity index is 1.47. The highest BCUT2D eigenvalue weighted by Gasteiger charge is 2.65. The first kappa shape index (κ1) is 13.8. The summed E-state index contributed by atoms with van der Waals surface area (Å²) < 4.78 is 28.2. The molecular formula is C22H22F2. The first-order valence-corrected chi connectivity index (χ1v) is 9.45. The monoisotopic (exact) mass is 324 g/mol. The van der Waals surface area contributed by atoms with Crippen LogP contribution >= 0.6 is 0 Å². The SMILES string of the molecule is FC1=CC2C(C=C1)C1C=CC(F)=CC1C21CC2C3C=CC(C3)C2C1. The number of hydrogen-bond donors (Lipinski definition) is 0. The third-order valence-corrected chi connectivity index (χ3v) is 8.27. The molecule has 124 valence electrons. The van der Waals surface area contributed by atoms with Gasteiger partial charge in [0.05, 0.1) is 0 Å². The van der Waals surface area contributed by atoms with Crippen LogP contribution in [0.15, 0.2) is 60.3 Å². The second-order valence-electron chi connectivity index (χ2n) is 8.95. The van der Waals surface area contributed by atoms with Crippen LogP contribution in [0.3, 0.4) is 0 Å². The van der Waals surface area contributed by atoms with Crippen LogP contribution < -0.4 is 0 Å². The average Bonchev–Trinajstić information content (AvgIpc) is 3.30. The zero-order chi connectivity index (χ0) is 16.1. The molecule has 0 amide bonds. The molecule has 0 saturated heterocycles. The number of allylic oxidation sites excluding steroid dienone is 10. The molecule has 0 aromatic heterocycles. The lowest BCUT2D eigenvalue weighted by Gasteiger charge is -2.38. The molecule has 2 heteroatoms. The molecule has 0 radical (unpaired) electrons. The summed E-state index contributed by atoms with van der Waals surface area (Å²) in [7, 11) is 0. The Bertz CT molecular complexity index is 690. The molecule has 24 heavy (non-hydrogen) atoms. The highest BCUT2D eigenvalue weighted by molar-refractivity contribution is 5.36. The van der Waals surface area contributed by atoms with Gasteiger partial charge < -0.3 is 0 Å². The summed E-state index contributed by atoms with van der Waals surface area (Å²) in [4.78, 5) is 0. The van der Waals surface area contributed by atoms with E-state index in [1.165, 1.54) is 6.42 Å². The van der Waals surface area contributed by atoms with Crippen molar-refractivity contribution in [2.75, 3.05) is 0 Å². The summed E-state index contributed by atoms with van der Waals surface area (Å²) in [6.07, 6.45) is 19.6. The smallest absolute Gasteiger partial charge is 0.119 e. The van der Waals surface area contributed by atoms with Crippen molar-refractivity contribution in [2.24, 2.45) is 52.8 Å². The molecule has 3 fully saturated rings. The summed E-state index contributed by atoms with van der Waals surface area (Å²) in [5.74, 6) is 3.85. The molecule has 6 aliphatic rings. The van der Waals surface area contributed by atoms with Crippen LogP contribution in [0.25, 0.3) is 0 Å². The molecule has 0 N–H and O–H groups in total. The molecule has 8 unspecified atom stereocenters. The number of hydrogen-bond acceptors (Lipinski definition) is 0. The summed E-state index contributed by atoms with van der Waals surface area (Å²) in [6.45, 7) is 0. The lowest BCUT2D eigenvalue weighted by Crippen LogP contribution is -2.31. The molecule has 0 aromatic carbocycles. The molecule has 1 spiro atoms. The third kappa shape index (κ3) is 1.54. The van der Waals surface area contributed by atoms with Gasteiger partial charge in [-0.05, 0) is 96.3 Å². The second-order valence-corrected chi connectivity index (χ2v) is 8.95. The van der Waals surface area contributed by atoms with Gasteiger partial charge in [0, 0.05) is 0 Å². The predicted molar refractivity (Wildman–Crippen MR) is 90.0 cm³/mol. The van der Waals surface area contributed by atoms with Gasteiger partial charge in [0.2, 0.25) is 0 Å². The van der Waals surface area contributed by atoms with Gasteiger partial charge in [-0.25, -0.2) is 8.78 Å². The van der Waals surface area contributed by atoms with Crippen molar-refractivity contribution in [3.05, 3.63) is 60.3 Å². The Hall–Kier alpha value is -1.44. The Morgan fingerprint density at radius 2 is 1.25 bits per heavy atom. The van der Waals surface area contributed by atoms with Crippen molar-refractivity contribution in [1.82, 2.24) is 0 Å². The molecular weight excluding hydrogens is 302 g/mol. The van der Waals surface area contributed by atoms with E-state index in [4.69, 9.17) is 0 Å². The summed E-state index contributed by atoms with van der Waals surface area (Å²) in [6, 6.07) is 0. The maximum Gasteiger partial charge on any atom is 0.119 e. The maximum absolute atomic E-state index is 14.1. The third-order valence-electron chi connectivity index (χ3n) is 8.27. The molecule has 0 aromatic rings. The van der Waals surface area contributed by atoms with E-state index in [0.29, 0.717) is 11.8 Å². The highest BCUT2D eigenvalue weighted by atomic mass is 19.1. The molecule has 8 atom stereocenters. The van der Waals surface area contributed by atoms with Crippen LogP contribution in [0.2, 0.25) is 0 Å². The summed E-state index contributed by atoms with van der Waals surface area (Å²) in [5, 5.41) is 0. The molecule has 3 saturated carbocycles. The minimum atomic E-state index is -0.0964. The molecule has 6 rings (SSSR count). The number of halogens is 2. The Morgan fingerprint density at radius 3 is 1.75 bits per heavy atom. The Labute approximate surface area is 141 Å². The Morgan fingerprint density at radius 1 is 0.750 bits per heavy atom. The molecule has 0 aliphatic heterocycles. The van der Waals surface area contributed by atoms with Crippen molar-refractivity contribution in [3.8, 4) is 0 Å². The minimum Gasteiger partial charge on any atom is -0.207 e. The number of fused-ring (bicyclic) bond motifs is 10. The molecule has 2 bridgehead atoms. The van der Waals surface area contributed by atoms with E-state index in [0.717, 1.165) is 36.5 Å². The van der Waals surface area contributed by atoms with Crippen LogP contribution in [-0.2, 0) is 0 Å². The fourth-order valence-electron chi connectivity index (χ4n) is 7.52. The van der Waals surface area contributed by atoms with Gasteiger partial charge in [-0.3, -0.25) is 0 Å². The van der Waals surface area contributed by atoms with Gasteiger partial charge in [0.1, 0.15) is 11.7 Å². The molecule has 0 nitrogen and oxygen atoms in total. The normalized spacial score (nSPS) is 55.6.